The number of nitrogens with one attached hydrogen (secondary N) is 1. The van der Waals surface area contributed by atoms with Gasteiger partial charge in [0.15, 0.2) is 0 Å². The number of quaternary nitrogens is 1. The second-order valence-electron chi connectivity index (χ2n) is 19.9. The highest BCUT2D eigenvalue weighted by Crippen LogP contribution is 2.38. The van der Waals surface area contributed by atoms with E-state index in [2.05, 4.69) is 141 Å². The third-order valence-corrected chi connectivity index (χ3v) is 12.9. The van der Waals surface area contributed by atoms with Crippen molar-refractivity contribution in [2.75, 3.05) is 40.9 Å². The zero-order chi connectivity index (χ0) is 52.0. The van der Waals surface area contributed by atoms with Gasteiger partial charge in [-0.1, -0.05) is 238 Å². The van der Waals surface area contributed by atoms with Crippen LogP contribution in [-0.4, -0.2) is 68.5 Å². The summed E-state index contributed by atoms with van der Waals surface area (Å²) >= 11 is 0. The molecule has 9 heteroatoms. The first kappa shape index (κ1) is 67.9. The lowest BCUT2D eigenvalue weighted by Crippen LogP contribution is -2.46. The number of carbonyl (C=O) groups excluding carboxylic acids is 1. The minimum absolute atomic E-state index is 0.00457. The molecule has 406 valence electrons. The number of aliphatic hydroxyl groups excluding tert-OH is 1. The third kappa shape index (κ3) is 54.5. The maximum atomic E-state index is 12.9. The maximum Gasteiger partial charge on any atom is 0.268 e. The number of rotatable bonds is 50. The van der Waals surface area contributed by atoms with E-state index in [4.69, 9.17) is 9.05 Å². The van der Waals surface area contributed by atoms with Gasteiger partial charge in [0, 0.05) is 6.42 Å². The van der Waals surface area contributed by atoms with Crippen LogP contribution in [0.3, 0.4) is 0 Å². The lowest BCUT2D eigenvalue weighted by atomic mass is 10.0. The number of aliphatic hydroxyl groups is 1. The van der Waals surface area contributed by atoms with Crippen molar-refractivity contribution in [2.45, 2.75) is 225 Å². The highest BCUT2D eigenvalue weighted by atomic mass is 31.2. The first-order valence-electron chi connectivity index (χ1n) is 28.4. The number of nitrogens with zero attached hydrogens (tertiary/aromatic N) is 1. The van der Waals surface area contributed by atoms with Gasteiger partial charge in [-0.25, -0.2) is 0 Å². The molecule has 0 aliphatic heterocycles. The van der Waals surface area contributed by atoms with E-state index < -0.39 is 20.0 Å². The summed E-state index contributed by atoms with van der Waals surface area (Å²) in [5, 5.41) is 13.9. The van der Waals surface area contributed by atoms with Crippen LogP contribution in [0, 0.1) is 0 Å². The Labute approximate surface area is 437 Å². The van der Waals surface area contributed by atoms with Gasteiger partial charge < -0.3 is 28.8 Å². The first-order chi connectivity index (χ1) is 34.5. The Bertz CT molecular complexity index is 1560. The number of carbonyl (C=O) groups is 1. The van der Waals surface area contributed by atoms with Gasteiger partial charge in [-0.15, -0.1) is 0 Å². The first-order valence-corrected chi connectivity index (χ1v) is 29.8. The van der Waals surface area contributed by atoms with Crippen LogP contribution >= 0.6 is 7.82 Å². The normalized spacial score (nSPS) is 14.9. The van der Waals surface area contributed by atoms with Crippen molar-refractivity contribution in [2.24, 2.45) is 0 Å². The molecule has 0 aromatic heterocycles. The molecule has 2 N–H and O–H groups in total. The van der Waals surface area contributed by atoms with Crippen molar-refractivity contribution in [1.82, 2.24) is 5.32 Å². The van der Waals surface area contributed by atoms with Crippen LogP contribution in [0.4, 0.5) is 0 Å². The zero-order valence-electron chi connectivity index (χ0n) is 46.1. The molecule has 0 radical (unpaired) electrons. The predicted molar refractivity (Wildman–Crippen MR) is 306 cm³/mol. The molecule has 0 heterocycles. The van der Waals surface area contributed by atoms with Crippen molar-refractivity contribution in [3.8, 4) is 0 Å². The highest BCUT2D eigenvalue weighted by Gasteiger charge is 2.24. The number of likely N-dealkylation sites (N-methyl/N-ethyl adjacent to an activating group) is 1. The Kier molecular flexibility index (Phi) is 49.5. The van der Waals surface area contributed by atoms with Crippen LogP contribution < -0.4 is 10.2 Å². The van der Waals surface area contributed by atoms with Crippen molar-refractivity contribution in [1.29, 1.82) is 0 Å². The lowest BCUT2D eigenvalue weighted by Gasteiger charge is -2.30. The molecule has 0 aliphatic rings. The van der Waals surface area contributed by atoms with E-state index in [-0.39, 0.29) is 19.1 Å². The van der Waals surface area contributed by atoms with Gasteiger partial charge in [-0.2, -0.15) is 0 Å². The van der Waals surface area contributed by atoms with E-state index >= 15 is 0 Å². The Balaban J connectivity index is 4.07. The Morgan fingerprint density at radius 3 is 1.25 bits per heavy atom. The maximum absolute atomic E-state index is 12.9. The summed E-state index contributed by atoms with van der Waals surface area (Å²) in [5.41, 5.74) is 0. The molecule has 0 fully saturated rings. The minimum atomic E-state index is -4.57. The molecule has 0 aromatic carbocycles. The molecule has 3 unspecified atom stereocenters. The van der Waals surface area contributed by atoms with Gasteiger partial charge in [-0.05, 0) is 89.9 Å². The fourth-order valence-corrected chi connectivity index (χ4v) is 8.26. The van der Waals surface area contributed by atoms with Gasteiger partial charge in [-0.3, -0.25) is 9.36 Å². The molecule has 0 aromatic rings. The molecule has 8 nitrogen and oxygen atoms in total. The van der Waals surface area contributed by atoms with Crippen molar-refractivity contribution < 1.29 is 32.9 Å². The molecular formula is C62H107N2O6P. The van der Waals surface area contributed by atoms with Gasteiger partial charge in [0.1, 0.15) is 13.2 Å². The van der Waals surface area contributed by atoms with E-state index in [1.807, 2.05) is 21.1 Å². The number of amides is 1. The molecule has 0 aliphatic carbocycles. The monoisotopic (exact) mass is 1010 g/mol. The van der Waals surface area contributed by atoms with E-state index in [1.54, 1.807) is 0 Å². The van der Waals surface area contributed by atoms with Crippen LogP contribution in [-0.2, 0) is 18.4 Å². The van der Waals surface area contributed by atoms with E-state index in [0.717, 1.165) is 116 Å². The zero-order valence-corrected chi connectivity index (χ0v) is 47.0. The van der Waals surface area contributed by atoms with Gasteiger partial charge in [0.2, 0.25) is 5.91 Å². The van der Waals surface area contributed by atoms with Gasteiger partial charge in [0.25, 0.3) is 7.82 Å². The van der Waals surface area contributed by atoms with Crippen LogP contribution in [0.1, 0.15) is 213 Å². The van der Waals surface area contributed by atoms with E-state index in [1.165, 1.54) is 70.6 Å². The largest absolute Gasteiger partial charge is 0.756 e. The highest BCUT2D eigenvalue weighted by molar-refractivity contribution is 7.45. The summed E-state index contributed by atoms with van der Waals surface area (Å²) in [6, 6.07) is -0.811. The van der Waals surface area contributed by atoms with Crippen LogP contribution in [0.15, 0.2) is 122 Å². The van der Waals surface area contributed by atoms with E-state index in [9.17, 15) is 19.4 Å². The Morgan fingerprint density at radius 1 is 0.507 bits per heavy atom. The molecule has 0 saturated carbocycles. The fraction of sp³-hybridized carbons (Fsp3) is 0.661. The molecule has 71 heavy (non-hydrogen) atoms. The van der Waals surface area contributed by atoms with E-state index in [0.29, 0.717) is 23.9 Å². The van der Waals surface area contributed by atoms with Crippen LogP contribution in [0.5, 0.6) is 0 Å². The fourth-order valence-electron chi connectivity index (χ4n) is 7.54. The minimum Gasteiger partial charge on any atom is -0.756 e. The number of unbranched alkanes of at least 4 members (excludes halogenated alkanes) is 17. The Morgan fingerprint density at radius 2 is 0.859 bits per heavy atom. The standard InChI is InChI=1S/C62H107N2O6P/c1-6-8-10-12-14-16-18-19-20-21-22-23-24-25-26-27-28-29-30-31-32-33-34-35-36-37-38-39-40-41-42-43-44-45-46-48-50-52-54-56-62(66)63-60(59-70-71(67,68)69-58-57-64(3,4)5)61(65)55-53-51-49-47-17-15-13-11-9-7-2/h8,10,14,16,19-20,22-23,25-26,28-29,31-32,34-35,37-38,40-41,60-61,65H,6-7,9,11-13,15,17-18,21,24,27,30,33,36,39,42-59H2,1-5H3,(H-,63,66,67,68)/b10-8-,16-14-,20-19-,23-22-,26-25-,29-28-,32-31-,35-34-,38-37-,41-40-. The average Bonchev–Trinajstić information content (AvgIpc) is 3.33. The average molecular weight is 1010 g/mol. The summed E-state index contributed by atoms with van der Waals surface area (Å²) in [6.07, 6.45) is 76.7. The predicted octanol–water partition coefficient (Wildman–Crippen LogP) is 16.7. The topological polar surface area (TPSA) is 108 Å². The molecule has 0 saturated heterocycles. The summed E-state index contributed by atoms with van der Waals surface area (Å²) in [4.78, 5) is 25.4. The molecule has 1 amide bonds. The van der Waals surface area contributed by atoms with Gasteiger partial charge in [0.05, 0.1) is 39.9 Å². The second-order valence-corrected chi connectivity index (χ2v) is 21.3. The molecule has 0 spiro atoms. The number of phosphoric ester groups is 1. The quantitative estimate of drug-likeness (QED) is 0.0272. The number of hydrogen-bond acceptors (Lipinski definition) is 6. The van der Waals surface area contributed by atoms with Crippen LogP contribution in [0.25, 0.3) is 0 Å². The SMILES string of the molecule is CC/C=C\C/C=C\C/C=C\C/C=C\C/C=C\C/C=C\C/C=C\C/C=C\C/C=C\C/C=C\CCCCCCCCCCC(=O)NC(COP(=O)([O-])OCC[N+](C)(C)C)C(O)CCCCCCCCCCCC. The molecule has 3 atom stereocenters. The third-order valence-electron chi connectivity index (χ3n) is 12.0. The van der Waals surface area contributed by atoms with Crippen molar-refractivity contribution >= 4 is 13.7 Å². The summed E-state index contributed by atoms with van der Waals surface area (Å²) in [7, 11) is 1.28. The Hall–Kier alpha value is -3.10. The molecular weight excluding hydrogens is 900 g/mol. The lowest BCUT2D eigenvalue weighted by molar-refractivity contribution is -0.870. The van der Waals surface area contributed by atoms with Crippen LogP contribution in [0.2, 0.25) is 0 Å². The number of phosphoric acid groups is 1. The number of allylic oxidation sites excluding steroid dienone is 20. The smallest absolute Gasteiger partial charge is 0.268 e. The second kappa shape index (κ2) is 51.8. The van der Waals surface area contributed by atoms with Crippen molar-refractivity contribution in [3.63, 3.8) is 0 Å². The van der Waals surface area contributed by atoms with Gasteiger partial charge >= 0.3 is 0 Å². The number of hydrogen-bond donors (Lipinski definition) is 2. The van der Waals surface area contributed by atoms with Crippen molar-refractivity contribution in [3.05, 3.63) is 122 Å². The summed E-state index contributed by atoms with van der Waals surface area (Å²) in [5.74, 6) is -0.180. The summed E-state index contributed by atoms with van der Waals surface area (Å²) in [6.45, 7) is 4.56. The summed E-state index contributed by atoms with van der Waals surface area (Å²) < 4.78 is 23.3. The molecule has 0 rings (SSSR count). The molecule has 0 bridgehead atoms.